The van der Waals surface area contributed by atoms with Gasteiger partial charge in [-0.1, -0.05) is 0 Å². The quantitative estimate of drug-likeness (QED) is 0.547. The molecule has 0 bridgehead atoms. The zero-order valence-electron chi connectivity index (χ0n) is 6.86. The second kappa shape index (κ2) is 3.33. The molecule has 0 amide bonds. The summed E-state index contributed by atoms with van der Waals surface area (Å²) in [5.41, 5.74) is 0. The van der Waals surface area contributed by atoms with Gasteiger partial charge < -0.3 is 10.2 Å². The fourth-order valence-electron chi connectivity index (χ4n) is 1.42. The maximum Gasteiger partial charge on any atom is 0.189 e. The van der Waals surface area contributed by atoms with Crippen LogP contribution < -0.4 is 0 Å². The van der Waals surface area contributed by atoms with Crippen molar-refractivity contribution in [1.29, 1.82) is 0 Å². The molecule has 1 aliphatic rings. The van der Waals surface area contributed by atoms with Gasteiger partial charge >= 0.3 is 0 Å². The summed E-state index contributed by atoms with van der Waals surface area (Å²) in [7, 11) is 0. The zero-order chi connectivity index (χ0) is 9.30. The SMILES string of the molecule is CC(=O)C1CC(O)C(=O)C(O)C1. The summed E-state index contributed by atoms with van der Waals surface area (Å²) >= 11 is 0. The molecule has 2 N–H and O–H groups in total. The number of carbonyl (C=O) groups is 2. The molecule has 4 heteroatoms. The van der Waals surface area contributed by atoms with Crippen molar-refractivity contribution in [3.05, 3.63) is 0 Å². The number of aliphatic hydroxyl groups is 2. The zero-order valence-corrected chi connectivity index (χ0v) is 6.86. The van der Waals surface area contributed by atoms with Gasteiger partial charge in [-0.3, -0.25) is 9.59 Å². The van der Waals surface area contributed by atoms with Gasteiger partial charge in [-0.15, -0.1) is 0 Å². The van der Waals surface area contributed by atoms with Crippen LogP contribution in [0, 0.1) is 5.92 Å². The van der Waals surface area contributed by atoms with Crippen molar-refractivity contribution in [1.82, 2.24) is 0 Å². The number of hydrogen-bond donors (Lipinski definition) is 2. The maximum absolute atomic E-state index is 10.9. The van der Waals surface area contributed by atoms with Crippen LogP contribution in [0.1, 0.15) is 19.8 Å². The third-order valence-electron chi connectivity index (χ3n) is 2.25. The lowest BCUT2D eigenvalue weighted by Crippen LogP contribution is -2.42. The van der Waals surface area contributed by atoms with Gasteiger partial charge in [-0.05, 0) is 19.8 Å². The van der Waals surface area contributed by atoms with Gasteiger partial charge in [0.1, 0.15) is 18.0 Å². The lowest BCUT2D eigenvalue weighted by molar-refractivity contribution is -0.143. The Labute approximate surface area is 70.2 Å². The van der Waals surface area contributed by atoms with E-state index >= 15 is 0 Å². The molecule has 0 aromatic carbocycles. The number of carbonyl (C=O) groups excluding carboxylic acids is 2. The highest BCUT2D eigenvalue weighted by Crippen LogP contribution is 2.22. The normalized spacial score (nSPS) is 36.6. The summed E-state index contributed by atoms with van der Waals surface area (Å²) in [5.74, 6) is -1.01. The van der Waals surface area contributed by atoms with Crippen LogP contribution >= 0.6 is 0 Å². The number of rotatable bonds is 1. The summed E-state index contributed by atoms with van der Waals surface area (Å²) in [4.78, 5) is 21.7. The van der Waals surface area contributed by atoms with Crippen LogP contribution in [0.3, 0.4) is 0 Å². The Kier molecular flexibility index (Phi) is 2.59. The van der Waals surface area contributed by atoms with Gasteiger partial charge in [0, 0.05) is 5.92 Å². The number of Topliss-reactive ketones (excluding diaryl/α,β-unsaturated/α-hetero) is 2. The van der Waals surface area contributed by atoms with Crippen molar-refractivity contribution in [3.8, 4) is 0 Å². The van der Waals surface area contributed by atoms with Crippen LogP contribution in [0.5, 0.6) is 0 Å². The highest BCUT2D eigenvalue weighted by Gasteiger charge is 2.35. The molecule has 0 aliphatic heterocycles. The second-order valence-corrected chi connectivity index (χ2v) is 3.21. The van der Waals surface area contributed by atoms with Gasteiger partial charge in [-0.2, -0.15) is 0 Å². The molecule has 0 saturated heterocycles. The first-order chi connectivity index (χ1) is 5.52. The van der Waals surface area contributed by atoms with E-state index in [1.54, 1.807) is 0 Å². The Hall–Kier alpha value is -0.740. The maximum atomic E-state index is 10.9. The molecule has 2 atom stereocenters. The Bertz CT molecular complexity index is 197. The molecule has 1 aliphatic carbocycles. The molecule has 1 saturated carbocycles. The lowest BCUT2D eigenvalue weighted by Gasteiger charge is -2.26. The lowest BCUT2D eigenvalue weighted by atomic mass is 9.82. The van der Waals surface area contributed by atoms with Crippen LogP contribution in [-0.2, 0) is 9.59 Å². The molecule has 1 fully saturated rings. The monoisotopic (exact) mass is 172 g/mol. The molecule has 0 radical (unpaired) electrons. The van der Waals surface area contributed by atoms with E-state index in [0.717, 1.165) is 0 Å². The van der Waals surface area contributed by atoms with E-state index < -0.39 is 18.0 Å². The second-order valence-electron chi connectivity index (χ2n) is 3.21. The summed E-state index contributed by atoms with van der Waals surface area (Å²) in [5, 5.41) is 18.2. The predicted molar refractivity (Wildman–Crippen MR) is 40.4 cm³/mol. The first-order valence-corrected chi connectivity index (χ1v) is 3.92. The molecule has 0 aromatic heterocycles. The molecule has 2 unspecified atom stereocenters. The van der Waals surface area contributed by atoms with Crippen LogP contribution in [0.2, 0.25) is 0 Å². The van der Waals surface area contributed by atoms with Crippen LogP contribution in [0.25, 0.3) is 0 Å². The minimum atomic E-state index is -1.16. The van der Waals surface area contributed by atoms with E-state index in [9.17, 15) is 9.59 Å². The molecule has 0 spiro atoms. The van der Waals surface area contributed by atoms with Gasteiger partial charge in [0.25, 0.3) is 0 Å². The smallest absolute Gasteiger partial charge is 0.189 e. The van der Waals surface area contributed by atoms with Gasteiger partial charge in [0.05, 0.1) is 0 Å². The summed E-state index contributed by atoms with van der Waals surface area (Å²) in [6, 6.07) is 0. The number of ketones is 2. The average molecular weight is 172 g/mol. The molecular formula is C8H12O4. The van der Waals surface area contributed by atoms with E-state index in [2.05, 4.69) is 0 Å². The van der Waals surface area contributed by atoms with E-state index in [0.29, 0.717) is 0 Å². The Morgan fingerprint density at radius 3 is 2.08 bits per heavy atom. The summed E-state index contributed by atoms with van der Waals surface area (Å²) in [6.45, 7) is 1.40. The van der Waals surface area contributed by atoms with E-state index in [4.69, 9.17) is 10.2 Å². The van der Waals surface area contributed by atoms with E-state index in [1.807, 2.05) is 0 Å². The van der Waals surface area contributed by atoms with Crippen molar-refractivity contribution < 1.29 is 19.8 Å². The summed E-state index contributed by atoms with van der Waals surface area (Å²) < 4.78 is 0. The first-order valence-electron chi connectivity index (χ1n) is 3.92. The van der Waals surface area contributed by atoms with Crippen LogP contribution in [0.4, 0.5) is 0 Å². The number of aliphatic hydroxyl groups excluding tert-OH is 2. The Morgan fingerprint density at radius 2 is 1.75 bits per heavy atom. The van der Waals surface area contributed by atoms with Gasteiger partial charge in [-0.25, -0.2) is 0 Å². The van der Waals surface area contributed by atoms with Crippen molar-refractivity contribution >= 4 is 11.6 Å². The van der Waals surface area contributed by atoms with E-state index in [1.165, 1.54) is 6.92 Å². The largest absolute Gasteiger partial charge is 0.385 e. The highest BCUT2D eigenvalue weighted by atomic mass is 16.3. The van der Waals surface area contributed by atoms with Crippen LogP contribution in [-0.4, -0.2) is 34.0 Å². The fraction of sp³-hybridized carbons (Fsp3) is 0.750. The molecule has 4 nitrogen and oxygen atoms in total. The minimum Gasteiger partial charge on any atom is -0.385 e. The summed E-state index contributed by atoms with van der Waals surface area (Å²) in [6.07, 6.45) is -2.01. The molecule has 0 aromatic rings. The molecular weight excluding hydrogens is 160 g/mol. The fourth-order valence-corrected chi connectivity index (χ4v) is 1.42. The highest BCUT2D eigenvalue weighted by molar-refractivity contribution is 5.90. The van der Waals surface area contributed by atoms with Crippen molar-refractivity contribution in [2.45, 2.75) is 32.0 Å². The Morgan fingerprint density at radius 1 is 1.33 bits per heavy atom. The molecule has 12 heavy (non-hydrogen) atoms. The van der Waals surface area contributed by atoms with Crippen molar-refractivity contribution in [2.75, 3.05) is 0 Å². The molecule has 68 valence electrons. The average Bonchev–Trinajstić information content (AvgIpc) is 1.99. The first kappa shape index (κ1) is 9.35. The standard InChI is InChI=1S/C8H12O4/c1-4(9)5-2-6(10)8(12)7(11)3-5/h5-7,10-11H,2-3H2,1H3. The van der Waals surface area contributed by atoms with E-state index in [-0.39, 0.29) is 24.5 Å². The molecule has 0 heterocycles. The molecule has 1 rings (SSSR count). The van der Waals surface area contributed by atoms with Crippen LogP contribution in [0.15, 0.2) is 0 Å². The number of hydrogen-bond acceptors (Lipinski definition) is 4. The van der Waals surface area contributed by atoms with Gasteiger partial charge in [0.15, 0.2) is 5.78 Å². The minimum absolute atomic E-state index is 0.0828. The topological polar surface area (TPSA) is 74.6 Å². The van der Waals surface area contributed by atoms with Crippen molar-refractivity contribution in [3.63, 3.8) is 0 Å². The van der Waals surface area contributed by atoms with Crippen molar-refractivity contribution in [2.24, 2.45) is 5.92 Å². The predicted octanol–water partition coefficient (Wildman–Crippen LogP) is -0.724. The third-order valence-corrected chi connectivity index (χ3v) is 2.25. The van der Waals surface area contributed by atoms with Gasteiger partial charge in [0.2, 0.25) is 0 Å². The Balaban J connectivity index is 2.65. The third kappa shape index (κ3) is 1.70.